The summed E-state index contributed by atoms with van der Waals surface area (Å²) in [5, 5.41) is 7.78. The van der Waals surface area contributed by atoms with Gasteiger partial charge >= 0.3 is 6.09 Å². The monoisotopic (exact) mass is 830 g/mol. The van der Waals surface area contributed by atoms with Gasteiger partial charge in [-0.1, -0.05) is 12.1 Å². The molecule has 18 heteroatoms. The topological polar surface area (TPSA) is 255 Å². The number of ether oxygens (including phenoxy) is 3. The summed E-state index contributed by atoms with van der Waals surface area (Å²) < 4.78 is 46.8. The van der Waals surface area contributed by atoms with Crippen molar-refractivity contribution in [3.8, 4) is 11.5 Å². The summed E-state index contributed by atoms with van der Waals surface area (Å²) in [5.41, 5.74) is 9.70. The summed E-state index contributed by atoms with van der Waals surface area (Å²) in [6.45, 7) is 21.4. The van der Waals surface area contributed by atoms with Crippen LogP contribution >= 0.6 is 0 Å². The van der Waals surface area contributed by atoms with Crippen LogP contribution in [0.15, 0.2) is 34.2 Å². The van der Waals surface area contributed by atoms with Crippen molar-refractivity contribution in [3.63, 3.8) is 0 Å². The van der Waals surface area contributed by atoms with Crippen LogP contribution in [0, 0.1) is 20.8 Å². The lowest BCUT2D eigenvalue weighted by atomic mass is 9.94. The molecular weight excluding hydrogens is 769 g/mol. The first kappa shape index (κ1) is 47.3. The van der Waals surface area contributed by atoms with Gasteiger partial charge in [0, 0.05) is 24.9 Å². The van der Waals surface area contributed by atoms with Crippen LogP contribution in [0.1, 0.15) is 103 Å². The number of amides is 4. The van der Waals surface area contributed by atoms with E-state index in [0.29, 0.717) is 34.6 Å². The highest BCUT2D eigenvalue weighted by atomic mass is 32.2. The van der Waals surface area contributed by atoms with Gasteiger partial charge in [-0.15, -0.1) is 0 Å². The number of fused-ring (bicyclic) bond motifs is 1. The molecular formula is C40H62N8O9S. The number of hydrogen-bond acceptors (Lipinski definition) is 11. The third kappa shape index (κ3) is 13.5. The van der Waals surface area contributed by atoms with Crippen molar-refractivity contribution in [3.05, 3.63) is 52.1 Å². The fraction of sp³-hybridized carbons (Fsp3) is 0.575. The van der Waals surface area contributed by atoms with E-state index in [1.54, 1.807) is 58.9 Å². The molecule has 9 N–H and O–H groups in total. The molecule has 4 amide bonds. The van der Waals surface area contributed by atoms with Gasteiger partial charge in [-0.2, -0.15) is 0 Å². The number of carbonyl (C=O) groups excluding carboxylic acids is 4. The normalized spacial score (nSPS) is 15.5. The first-order chi connectivity index (χ1) is 26.6. The van der Waals surface area contributed by atoms with Crippen molar-refractivity contribution < 1.29 is 41.8 Å². The number of benzene rings is 2. The van der Waals surface area contributed by atoms with E-state index >= 15 is 0 Å². The largest absolute Gasteiger partial charge is 0.488 e. The van der Waals surface area contributed by atoms with Gasteiger partial charge in [-0.05, 0) is 130 Å². The van der Waals surface area contributed by atoms with Crippen molar-refractivity contribution in [2.45, 2.75) is 149 Å². The van der Waals surface area contributed by atoms with Crippen LogP contribution in [0.4, 0.5) is 4.79 Å². The molecule has 58 heavy (non-hydrogen) atoms. The smallest absolute Gasteiger partial charge is 0.408 e. The Bertz CT molecular complexity index is 1990. The van der Waals surface area contributed by atoms with Crippen molar-refractivity contribution in [2.75, 3.05) is 6.54 Å². The molecule has 322 valence electrons. The number of rotatable bonds is 15. The molecule has 3 unspecified atom stereocenters. The molecule has 1 aliphatic rings. The fourth-order valence-corrected chi connectivity index (χ4v) is 7.87. The fourth-order valence-electron chi connectivity index (χ4n) is 6.34. The number of nitrogens with two attached hydrogens (primary N) is 2. The molecule has 0 fully saturated rings. The summed E-state index contributed by atoms with van der Waals surface area (Å²) in [6, 6.07) is 3.53. The maximum atomic E-state index is 13.8. The Morgan fingerprint density at radius 1 is 0.879 bits per heavy atom. The maximum Gasteiger partial charge on any atom is 0.408 e. The molecule has 3 rings (SSSR count). The molecule has 0 saturated heterocycles. The van der Waals surface area contributed by atoms with Gasteiger partial charge in [0.25, 0.3) is 15.9 Å². The molecule has 0 radical (unpaired) electrons. The Balaban J connectivity index is 1.74. The third-order valence-electron chi connectivity index (χ3n) is 9.05. The minimum absolute atomic E-state index is 0.0118. The number of nitrogens with zero attached hydrogens (tertiary/aromatic N) is 1. The molecule has 0 aromatic heterocycles. The first-order valence-corrected chi connectivity index (χ1v) is 20.6. The summed E-state index contributed by atoms with van der Waals surface area (Å²) in [6.07, 6.45) is -0.0617. The molecule has 0 aliphatic carbocycles. The zero-order valence-corrected chi connectivity index (χ0v) is 36.6. The second-order valence-electron chi connectivity index (χ2n) is 17.1. The Morgan fingerprint density at radius 2 is 1.48 bits per heavy atom. The zero-order chi connectivity index (χ0) is 44.0. The van der Waals surface area contributed by atoms with Gasteiger partial charge in [0.05, 0.1) is 4.90 Å². The van der Waals surface area contributed by atoms with Crippen LogP contribution in [-0.2, 0) is 42.0 Å². The van der Waals surface area contributed by atoms with E-state index in [-0.39, 0.29) is 36.7 Å². The molecule has 2 aromatic rings. The van der Waals surface area contributed by atoms with Gasteiger partial charge in [-0.25, -0.2) is 23.8 Å². The van der Waals surface area contributed by atoms with Crippen LogP contribution in [0.3, 0.4) is 0 Å². The predicted molar refractivity (Wildman–Crippen MR) is 221 cm³/mol. The highest BCUT2D eigenvalue weighted by Gasteiger charge is 2.37. The highest BCUT2D eigenvalue weighted by Crippen LogP contribution is 2.43. The Kier molecular flexibility index (Phi) is 15.2. The molecule has 0 bridgehead atoms. The van der Waals surface area contributed by atoms with Crippen molar-refractivity contribution >= 4 is 39.8 Å². The summed E-state index contributed by atoms with van der Waals surface area (Å²) >= 11 is 0. The van der Waals surface area contributed by atoms with Crippen LogP contribution in [0.2, 0.25) is 0 Å². The number of nitrogens with one attached hydrogen (secondary N) is 5. The minimum Gasteiger partial charge on any atom is -0.488 e. The van der Waals surface area contributed by atoms with Gasteiger partial charge in [0.2, 0.25) is 17.8 Å². The number of sulfonamides is 1. The van der Waals surface area contributed by atoms with E-state index < -0.39 is 68.8 Å². The van der Waals surface area contributed by atoms with Gasteiger partial charge in [0.15, 0.2) is 0 Å². The standard InChI is InChI=1S/C40H62N8O9S/c1-22-23(2)32(24(3)28-21-40(11,12)56-31(22)28)58(53,54)48-36(41)43-19-13-14-29(35(51)47-42)45-34(50)30(20-26-15-17-27(18-16-26)55-38(5,6)7)46-33(49)25(4)44-37(52)57-39(8,9)10/h15-18,25,29-30H,13-14,19-21,42H2,1-12H3,(H,44,52)(H,45,50)(H,46,49)(H,47,51)(H3,41,43,48). The molecule has 1 aliphatic heterocycles. The second kappa shape index (κ2) is 18.7. The average Bonchev–Trinajstić information content (AvgIpc) is 3.42. The highest BCUT2D eigenvalue weighted by molar-refractivity contribution is 7.90. The van der Waals surface area contributed by atoms with Gasteiger partial charge in [0.1, 0.15) is 46.4 Å². The summed E-state index contributed by atoms with van der Waals surface area (Å²) in [4.78, 5) is 56.5. The lowest BCUT2D eigenvalue weighted by Crippen LogP contribution is -2.57. The molecule has 0 spiro atoms. The molecule has 0 saturated carbocycles. The Morgan fingerprint density at radius 3 is 2.05 bits per heavy atom. The van der Waals surface area contributed by atoms with E-state index in [9.17, 15) is 27.6 Å². The average molecular weight is 831 g/mol. The number of hydrazine groups is 1. The van der Waals surface area contributed by atoms with Crippen LogP contribution in [-0.4, -0.2) is 79.7 Å². The Hall–Kier alpha value is -5.10. The number of alkyl carbamates (subject to hydrolysis) is 1. The minimum atomic E-state index is -4.14. The SMILES string of the molecule is Cc1c(C)c(S(=O)(=O)NC(N)=NCCCC(NC(=O)C(Cc2ccc(OC(C)(C)C)cc2)NC(=O)C(C)NC(=O)OC(C)(C)C)C(=O)NN)c(C)c2c1OC(C)(C)C2. The third-order valence-corrected chi connectivity index (χ3v) is 10.7. The van der Waals surface area contributed by atoms with Gasteiger partial charge < -0.3 is 35.9 Å². The number of guanidine groups is 1. The number of aliphatic imine (C=N–C) groups is 1. The summed E-state index contributed by atoms with van der Waals surface area (Å²) in [5.74, 6) is 4.31. The van der Waals surface area contributed by atoms with E-state index in [2.05, 4.69) is 25.7 Å². The van der Waals surface area contributed by atoms with Crippen LogP contribution in [0.5, 0.6) is 11.5 Å². The van der Waals surface area contributed by atoms with E-state index in [0.717, 1.165) is 11.1 Å². The lowest BCUT2D eigenvalue weighted by molar-refractivity contribution is -0.132. The quantitative estimate of drug-likeness (QED) is 0.0343. The predicted octanol–water partition coefficient (Wildman–Crippen LogP) is 2.99. The molecule has 3 atom stereocenters. The van der Waals surface area contributed by atoms with Crippen LogP contribution in [0.25, 0.3) is 0 Å². The van der Waals surface area contributed by atoms with Crippen molar-refractivity contribution in [1.29, 1.82) is 0 Å². The number of hydrogen-bond donors (Lipinski definition) is 7. The maximum absolute atomic E-state index is 13.8. The Labute approximate surface area is 342 Å². The van der Waals surface area contributed by atoms with E-state index in [1.807, 2.05) is 47.0 Å². The zero-order valence-electron chi connectivity index (χ0n) is 35.8. The van der Waals surface area contributed by atoms with E-state index in [1.165, 1.54) is 6.92 Å². The lowest BCUT2D eigenvalue weighted by Gasteiger charge is -2.25. The molecule has 2 aromatic carbocycles. The van der Waals surface area contributed by atoms with Crippen LogP contribution < -0.4 is 47.1 Å². The number of carbonyl (C=O) groups is 4. The first-order valence-electron chi connectivity index (χ1n) is 19.2. The van der Waals surface area contributed by atoms with Crippen molar-refractivity contribution in [1.82, 2.24) is 26.1 Å². The molecule has 1 heterocycles. The van der Waals surface area contributed by atoms with Gasteiger partial charge in [-0.3, -0.25) is 24.8 Å². The second-order valence-corrected chi connectivity index (χ2v) is 18.7. The van der Waals surface area contributed by atoms with E-state index in [4.69, 9.17) is 25.8 Å². The van der Waals surface area contributed by atoms with Crippen molar-refractivity contribution in [2.24, 2.45) is 16.6 Å². The summed E-state index contributed by atoms with van der Waals surface area (Å²) in [7, 11) is -4.14. The molecule has 17 nitrogen and oxygen atoms in total.